The van der Waals surface area contributed by atoms with Crippen LogP contribution in [0.4, 0.5) is 11.4 Å². The summed E-state index contributed by atoms with van der Waals surface area (Å²) in [5, 5.41) is 13.4. The Morgan fingerprint density at radius 1 is 1.20 bits per heavy atom. The standard InChI is InChI=1S/C17H15ClN2O5/c1-10-3-6-14(11(2)7-10)19-16(21)9-25-17(22)12-4-5-13(18)15(8-12)20(23)24/h3-8H,9H2,1-2H3,(H,19,21). The van der Waals surface area contributed by atoms with E-state index >= 15 is 0 Å². The van der Waals surface area contributed by atoms with E-state index in [0.29, 0.717) is 5.69 Å². The van der Waals surface area contributed by atoms with Crippen LogP contribution in [-0.4, -0.2) is 23.4 Å². The molecule has 2 rings (SSSR count). The molecule has 0 atom stereocenters. The second-order valence-corrected chi connectivity index (χ2v) is 5.77. The lowest BCUT2D eigenvalue weighted by molar-refractivity contribution is -0.384. The van der Waals surface area contributed by atoms with Crippen molar-refractivity contribution in [2.45, 2.75) is 13.8 Å². The van der Waals surface area contributed by atoms with Crippen LogP contribution in [0.5, 0.6) is 0 Å². The van der Waals surface area contributed by atoms with Crippen molar-refractivity contribution in [3.8, 4) is 0 Å². The molecule has 8 heteroatoms. The Hall–Kier alpha value is -2.93. The number of hydrogen-bond donors (Lipinski definition) is 1. The van der Waals surface area contributed by atoms with Crippen molar-refractivity contribution in [3.05, 3.63) is 68.2 Å². The lowest BCUT2D eigenvalue weighted by atomic mass is 10.1. The molecule has 0 saturated carbocycles. The number of hydrogen-bond acceptors (Lipinski definition) is 5. The first-order valence-electron chi connectivity index (χ1n) is 7.26. The predicted octanol–water partition coefficient (Wildman–Crippen LogP) is 3.66. The minimum Gasteiger partial charge on any atom is -0.452 e. The molecule has 25 heavy (non-hydrogen) atoms. The van der Waals surface area contributed by atoms with Crippen LogP contribution in [0.15, 0.2) is 36.4 Å². The number of nitrogens with one attached hydrogen (secondary N) is 1. The Labute approximate surface area is 148 Å². The van der Waals surface area contributed by atoms with Gasteiger partial charge in [-0.25, -0.2) is 4.79 Å². The molecule has 7 nitrogen and oxygen atoms in total. The summed E-state index contributed by atoms with van der Waals surface area (Å²) in [4.78, 5) is 34.0. The SMILES string of the molecule is Cc1ccc(NC(=O)COC(=O)c2ccc(Cl)c([N+](=O)[O-])c2)c(C)c1. The molecule has 0 radical (unpaired) electrons. The fourth-order valence-electron chi connectivity index (χ4n) is 2.13. The van der Waals surface area contributed by atoms with Gasteiger partial charge in [0.15, 0.2) is 6.61 Å². The Balaban J connectivity index is 1.98. The third-order valence-corrected chi connectivity index (χ3v) is 3.69. The maximum absolute atomic E-state index is 11.9. The number of nitro benzene ring substituents is 1. The number of aryl methyl sites for hydroxylation is 2. The molecule has 0 unspecified atom stereocenters. The summed E-state index contributed by atoms with van der Waals surface area (Å²) in [5.41, 5.74) is 2.10. The molecular formula is C17H15ClN2O5. The largest absolute Gasteiger partial charge is 0.452 e. The summed E-state index contributed by atoms with van der Waals surface area (Å²) in [6.45, 7) is 3.27. The average molecular weight is 363 g/mol. The van der Waals surface area contributed by atoms with Crippen molar-refractivity contribution in [3.63, 3.8) is 0 Å². The van der Waals surface area contributed by atoms with Crippen molar-refractivity contribution in [2.75, 3.05) is 11.9 Å². The molecular weight excluding hydrogens is 348 g/mol. The summed E-state index contributed by atoms with van der Waals surface area (Å²) < 4.78 is 4.88. The van der Waals surface area contributed by atoms with E-state index in [-0.39, 0.29) is 10.6 Å². The first-order chi connectivity index (χ1) is 11.8. The molecule has 1 amide bonds. The van der Waals surface area contributed by atoms with Crippen molar-refractivity contribution in [1.82, 2.24) is 0 Å². The zero-order valence-electron chi connectivity index (χ0n) is 13.5. The van der Waals surface area contributed by atoms with E-state index in [1.165, 1.54) is 12.1 Å². The number of carbonyl (C=O) groups is 2. The van der Waals surface area contributed by atoms with Gasteiger partial charge < -0.3 is 10.1 Å². The van der Waals surface area contributed by atoms with Gasteiger partial charge >= 0.3 is 5.97 Å². The third-order valence-electron chi connectivity index (χ3n) is 3.37. The Kier molecular flexibility index (Phi) is 5.71. The second kappa shape index (κ2) is 7.76. The van der Waals surface area contributed by atoms with Crippen LogP contribution in [0.1, 0.15) is 21.5 Å². The number of nitro groups is 1. The predicted molar refractivity (Wildman–Crippen MR) is 92.9 cm³/mol. The molecule has 2 aromatic rings. The van der Waals surface area contributed by atoms with E-state index in [1.807, 2.05) is 26.0 Å². The molecule has 0 aliphatic heterocycles. The lowest BCUT2D eigenvalue weighted by Gasteiger charge is -2.09. The van der Waals surface area contributed by atoms with E-state index in [2.05, 4.69) is 5.32 Å². The second-order valence-electron chi connectivity index (χ2n) is 5.37. The van der Waals surface area contributed by atoms with Crippen LogP contribution in [0.3, 0.4) is 0 Å². The summed E-state index contributed by atoms with van der Waals surface area (Å²) in [6.07, 6.45) is 0. The molecule has 0 bridgehead atoms. The van der Waals surface area contributed by atoms with Gasteiger partial charge in [0, 0.05) is 11.8 Å². The Bertz CT molecular complexity index is 851. The first-order valence-corrected chi connectivity index (χ1v) is 7.64. The molecule has 0 heterocycles. The Morgan fingerprint density at radius 2 is 1.92 bits per heavy atom. The summed E-state index contributed by atoms with van der Waals surface area (Å²) in [6, 6.07) is 9.04. The minimum absolute atomic E-state index is 0.0598. The molecule has 0 aromatic heterocycles. The molecule has 0 spiro atoms. The number of amides is 1. The van der Waals surface area contributed by atoms with Gasteiger partial charge in [-0.1, -0.05) is 29.3 Å². The zero-order chi connectivity index (χ0) is 18.6. The maximum Gasteiger partial charge on any atom is 0.338 e. The quantitative estimate of drug-likeness (QED) is 0.497. The van der Waals surface area contributed by atoms with E-state index in [4.69, 9.17) is 16.3 Å². The van der Waals surface area contributed by atoms with Crippen molar-refractivity contribution >= 4 is 34.9 Å². The van der Waals surface area contributed by atoms with Gasteiger partial charge in [0.2, 0.25) is 0 Å². The number of nitrogens with zero attached hydrogens (tertiary/aromatic N) is 1. The number of anilines is 1. The number of rotatable bonds is 5. The number of esters is 1. The number of ether oxygens (including phenoxy) is 1. The molecule has 0 aliphatic carbocycles. The van der Waals surface area contributed by atoms with Crippen molar-refractivity contribution in [2.24, 2.45) is 0 Å². The topological polar surface area (TPSA) is 98.5 Å². The van der Waals surface area contributed by atoms with Gasteiger partial charge in [-0.05, 0) is 37.6 Å². The smallest absolute Gasteiger partial charge is 0.338 e. The molecule has 1 N–H and O–H groups in total. The summed E-state index contributed by atoms with van der Waals surface area (Å²) in [5.74, 6) is -1.36. The molecule has 130 valence electrons. The molecule has 0 fully saturated rings. The average Bonchev–Trinajstić information content (AvgIpc) is 2.55. The van der Waals surface area contributed by atoms with Crippen LogP contribution in [0, 0.1) is 24.0 Å². The van der Waals surface area contributed by atoms with Gasteiger partial charge in [0.05, 0.1) is 10.5 Å². The lowest BCUT2D eigenvalue weighted by Crippen LogP contribution is -2.21. The normalized spacial score (nSPS) is 10.2. The fraction of sp³-hybridized carbons (Fsp3) is 0.176. The van der Waals surface area contributed by atoms with Crippen LogP contribution in [0.25, 0.3) is 0 Å². The van der Waals surface area contributed by atoms with Gasteiger partial charge in [0.25, 0.3) is 11.6 Å². The fourth-order valence-corrected chi connectivity index (χ4v) is 2.32. The number of carbonyl (C=O) groups excluding carboxylic acids is 2. The third kappa shape index (κ3) is 4.77. The van der Waals surface area contributed by atoms with Crippen molar-refractivity contribution in [1.29, 1.82) is 0 Å². The van der Waals surface area contributed by atoms with E-state index in [0.717, 1.165) is 17.2 Å². The van der Waals surface area contributed by atoms with Gasteiger partial charge in [-0.3, -0.25) is 14.9 Å². The number of benzene rings is 2. The zero-order valence-corrected chi connectivity index (χ0v) is 14.3. The summed E-state index contributed by atoms with van der Waals surface area (Å²) >= 11 is 5.68. The Morgan fingerprint density at radius 3 is 2.56 bits per heavy atom. The highest BCUT2D eigenvalue weighted by atomic mass is 35.5. The van der Waals surface area contributed by atoms with Crippen LogP contribution >= 0.6 is 11.6 Å². The van der Waals surface area contributed by atoms with E-state index in [1.54, 1.807) is 6.07 Å². The van der Waals surface area contributed by atoms with E-state index < -0.39 is 29.1 Å². The number of halogens is 1. The monoisotopic (exact) mass is 362 g/mol. The van der Waals surface area contributed by atoms with Crippen LogP contribution in [0.2, 0.25) is 5.02 Å². The first kappa shape index (κ1) is 18.4. The van der Waals surface area contributed by atoms with Crippen LogP contribution < -0.4 is 5.32 Å². The van der Waals surface area contributed by atoms with Crippen LogP contribution in [-0.2, 0) is 9.53 Å². The highest BCUT2D eigenvalue weighted by Gasteiger charge is 2.18. The molecule has 0 saturated heterocycles. The van der Waals surface area contributed by atoms with Crippen molar-refractivity contribution < 1.29 is 19.2 Å². The highest BCUT2D eigenvalue weighted by Crippen LogP contribution is 2.25. The minimum atomic E-state index is -0.851. The van der Waals surface area contributed by atoms with Gasteiger partial charge in [-0.2, -0.15) is 0 Å². The van der Waals surface area contributed by atoms with Gasteiger partial charge in [0.1, 0.15) is 5.02 Å². The highest BCUT2D eigenvalue weighted by molar-refractivity contribution is 6.32. The van der Waals surface area contributed by atoms with Gasteiger partial charge in [-0.15, -0.1) is 0 Å². The molecule has 0 aliphatic rings. The maximum atomic E-state index is 11.9. The molecule has 2 aromatic carbocycles. The van der Waals surface area contributed by atoms with E-state index in [9.17, 15) is 19.7 Å². The summed E-state index contributed by atoms with van der Waals surface area (Å²) in [7, 11) is 0.